The Hall–Kier alpha value is -3.92. The van der Waals surface area contributed by atoms with Crippen LogP contribution in [-0.4, -0.2) is 72.2 Å². The van der Waals surface area contributed by atoms with Crippen molar-refractivity contribution < 1.29 is 23.6 Å². The lowest BCUT2D eigenvalue weighted by molar-refractivity contribution is -0.121. The van der Waals surface area contributed by atoms with Crippen LogP contribution in [0.2, 0.25) is 0 Å². The minimum Gasteiger partial charge on any atom is -0.493 e. The van der Waals surface area contributed by atoms with E-state index in [4.69, 9.17) is 14.0 Å². The van der Waals surface area contributed by atoms with Crippen molar-refractivity contribution in [1.29, 1.82) is 0 Å². The van der Waals surface area contributed by atoms with Gasteiger partial charge in [-0.2, -0.15) is 4.98 Å². The van der Waals surface area contributed by atoms with Crippen LogP contribution >= 0.6 is 0 Å². The molecule has 1 saturated heterocycles. The van der Waals surface area contributed by atoms with Crippen molar-refractivity contribution in [3.8, 4) is 22.9 Å². The van der Waals surface area contributed by atoms with E-state index in [-0.39, 0.29) is 17.7 Å². The molecular formula is C28H35N5O5. The molecule has 0 saturated carbocycles. The summed E-state index contributed by atoms with van der Waals surface area (Å²) in [7, 11) is 3.16. The fraction of sp³-hybridized carbons (Fsp3) is 0.429. The van der Waals surface area contributed by atoms with Crippen molar-refractivity contribution in [2.75, 3.05) is 45.7 Å². The Labute approximate surface area is 222 Å². The summed E-state index contributed by atoms with van der Waals surface area (Å²) in [5.41, 5.74) is 1.81. The van der Waals surface area contributed by atoms with Gasteiger partial charge in [-0.1, -0.05) is 17.3 Å². The van der Waals surface area contributed by atoms with Gasteiger partial charge in [0.05, 0.1) is 37.9 Å². The topological polar surface area (TPSA) is 110 Å². The highest BCUT2D eigenvalue weighted by Crippen LogP contribution is 2.31. The zero-order valence-electron chi connectivity index (χ0n) is 22.4. The number of ether oxygens (including phenoxy) is 2. The number of nitrogens with zero attached hydrogens (tertiary/aromatic N) is 4. The Kier molecular flexibility index (Phi) is 8.96. The number of aromatic nitrogens is 2. The molecule has 1 aliphatic rings. The zero-order valence-corrected chi connectivity index (χ0v) is 22.4. The highest BCUT2D eigenvalue weighted by Gasteiger charge is 2.28. The Morgan fingerprint density at radius 1 is 1.11 bits per heavy atom. The highest BCUT2D eigenvalue weighted by atomic mass is 16.5. The monoisotopic (exact) mass is 521 g/mol. The lowest BCUT2D eigenvalue weighted by Crippen LogP contribution is -2.40. The summed E-state index contributed by atoms with van der Waals surface area (Å²) in [6, 6.07) is 12.6. The molecule has 0 spiro atoms. The number of para-hydroxylation sites is 1. The Bertz CT molecular complexity index is 1260. The molecule has 10 nitrogen and oxygen atoms in total. The summed E-state index contributed by atoms with van der Waals surface area (Å²) in [5, 5.41) is 7.13. The van der Waals surface area contributed by atoms with Gasteiger partial charge in [-0.05, 0) is 63.6 Å². The van der Waals surface area contributed by atoms with E-state index in [2.05, 4.69) is 20.4 Å². The summed E-state index contributed by atoms with van der Waals surface area (Å²) < 4.78 is 16.2. The van der Waals surface area contributed by atoms with E-state index in [0.29, 0.717) is 60.6 Å². The summed E-state index contributed by atoms with van der Waals surface area (Å²) >= 11 is 0. The minimum absolute atomic E-state index is 0.0853. The van der Waals surface area contributed by atoms with Gasteiger partial charge in [0.15, 0.2) is 11.5 Å². The largest absolute Gasteiger partial charge is 0.493 e. The standard InChI is InChI=1S/C28H35N5O5/c1-5-33(6-2)28(35)21-11-7-8-12-22(21)29-27(34)20-10-9-15-32(17-20)18-25-30-26(31-38-25)19-13-14-23(36-3)24(16-19)37-4/h7-8,11-14,16,20H,5-6,9-10,15,17-18H2,1-4H3,(H,29,34). The molecule has 4 rings (SSSR count). The van der Waals surface area contributed by atoms with Crippen LogP contribution in [0.25, 0.3) is 11.4 Å². The van der Waals surface area contributed by atoms with Crippen LogP contribution in [0, 0.1) is 5.92 Å². The van der Waals surface area contributed by atoms with Crippen LogP contribution in [-0.2, 0) is 11.3 Å². The second-order valence-electron chi connectivity index (χ2n) is 9.17. The number of nitrogens with one attached hydrogen (secondary N) is 1. The molecule has 1 atom stereocenters. The molecule has 10 heteroatoms. The number of hydrogen-bond acceptors (Lipinski definition) is 8. The third kappa shape index (κ3) is 6.13. The van der Waals surface area contributed by atoms with E-state index in [1.165, 1.54) is 0 Å². The van der Waals surface area contributed by atoms with Gasteiger partial charge in [-0.15, -0.1) is 0 Å². The summed E-state index contributed by atoms with van der Waals surface area (Å²) in [6.07, 6.45) is 1.64. The van der Waals surface area contributed by atoms with Crippen LogP contribution in [0.5, 0.6) is 11.5 Å². The SMILES string of the molecule is CCN(CC)C(=O)c1ccccc1NC(=O)C1CCCN(Cc2nc(-c3ccc(OC)c(OC)c3)no2)C1. The van der Waals surface area contributed by atoms with E-state index in [0.717, 1.165) is 24.9 Å². The van der Waals surface area contributed by atoms with Crippen molar-refractivity contribution in [1.82, 2.24) is 19.9 Å². The molecule has 2 heterocycles. The Morgan fingerprint density at radius 3 is 2.61 bits per heavy atom. The van der Waals surface area contributed by atoms with Gasteiger partial charge in [0.1, 0.15) is 0 Å². The fourth-order valence-corrected chi connectivity index (χ4v) is 4.71. The number of methoxy groups -OCH3 is 2. The van der Waals surface area contributed by atoms with Crippen LogP contribution in [0.1, 0.15) is 42.9 Å². The quantitative estimate of drug-likeness (QED) is 0.425. The molecule has 1 unspecified atom stereocenters. The molecule has 3 aromatic rings. The fourth-order valence-electron chi connectivity index (χ4n) is 4.71. The van der Waals surface area contributed by atoms with Crippen LogP contribution in [0.15, 0.2) is 47.0 Å². The number of likely N-dealkylation sites (tertiary alicyclic amines) is 1. The highest BCUT2D eigenvalue weighted by molar-refractivity contribution is 6.04. The van der Waals surface area contributed by atoms with Gasteiger partial charge >= 0.3 is 0 Å². The first-order valence-electron chi connectivity index (χ1n) is 12.9. The molecule has 2 aromatic carbocycles. The smallest absolute Gasteiger partial charge is 0.255 e. The van der Waals surface area contributed by atoms with Gasteiger partial charge in [0, 0.05) is 25.2 Å². The first-order valence-corrected chi connectivity index (χ1v) is 12.9. The molecule has 38 heavy (non-hydrogen) atoms. The molecule has 202 valence electrons. The number of carbonyl (C=O) groups excluding carboxylic acids is 2. The Balaban J connectivity index is 1.40. The summed E-state index contributed by atoms with van der Waals surface area (Å²) in [6.45, 7) is 6.94. The van der Waals surface area contributed by atoms with Crippen molar-refractivity contribution in [2.24, 2.45) is 5.92 Å². The number of anilines is 1. The first-order chi connectivity index (χ1) is 18.5. The molecule has 0 aliphatic carbocycles. The predicted octanol–water partition coefficient (Wildman–Crippen LogP) is 4.09. The number of piperidine rings is 1. The molecule has 0 radical (unpaired) electrons. The zero-order chi connectivity index (χ0) is 27.1. The lowest BCUT2D eigenvalue weighted by atomic mass is 9.96. The lowest BCUT2D eigenvalue weighted by Gasteiger charge is -2.31. The van der Waals surface area contributed by atoms with E-state index in [1.807, 2.05) is 32.0 Å². The Morgan fingerprint density at radius 2 is 1.87 bits per heavy atom. The van der Waals surface area contributed by atoms with Crippen molar-refractivity contribution >= 4 is 17.5 Å². The summed E-state index contributed by atoms with van der Waals surface area (Å²) in [5.74, 6) is 1.75. The third-order valence-corrected chi connectivity index (χ3v) is 6.81. The molecular weight excluding hydrogens is 486 g/mol. The van der Waals surface area contributed by atoms with E-state index >= 15 is 0 Å². The second kappa shape index (κ2) is 12.6. The van der Waals surface area contributed by atoms with Crippen LogP contribution in [0.3, 0.4) is 0 Å². The van der Waals surface area contributed by atoms with E-state index < -0.39 is 0 Å². The van der Waals surface area contributed by atoms with E-state index in [1.54, 1.807) is 43.4 Å². The molecule has 1 N–H and O–H groups in total. The number of rotatable bonds is 10. The average molecular weight is 522 g/mol. The van der Waals surface area contributed by atoms with Gasteiger partial charge < -0.3 is 24.2 Å². The maximum Gasteiger partial charge on any atom is 0.255 e. The van der Waals surface area contributed by atoms with Crippen LogP contribution in [0.4, 0.5) is 5.69 Å². The maximum atomic E-state index is 13.2. The maximum absolute atomic E-state index is 13.2. The van der Waals surface area contributed by atoms with Crippen molar-refractivity contribution in [3.05, 3.63) is 53.9 Å². The van der Waals surface area contributed by atoms with Gasteiger partial charge in [-0.25, -0.2) is 0 Å². The van der Waals surface area contributed by atoms with Crippen molar-refractivity contribution in [2.45, 2.75) is 33.2 Å². The number of carbonyl (C=O) groups is 2. The molecule has 1 aromatic heterocycles. The third-order valence-electron chi connectivity index (χ3n) is 6.81. The molecule has 1 fully saturated rings. The normalized spacial score (nSPS) is 15.6. The predicted molar refractivity (Wildman–Crippen MR) is 143 cm³/mol. The van der Waals surface area contributed by atoms with Crippen molar-refractivity contribution in [3.63, 3.8) is 0 Å². The van der Waals surface area contributed by atoms with E-state index in [9.17, 15) is 9.59 Å². The van der Waals surface area contributed by atoms with Gasteiger partial charge in [-0.3, -0.25) is 14.5 Å². The minimum atomic E-state index is -0.214. The summed E-state index contributed by atoms with van der Waals surface area (Å²) in [4.78, 5) is 34.6. The second-order valence-corrected chi connectivity index (χ2v) is 9.17. The van der Waals surface area contributed by atoms with Gasteiger partial charge in [0.25, 0.3) is 5.91 Å². The number of amides is 2. The van der Waals surface area contributed by atoms with Gasteiger partial charge in [0.2, 0.25) is 17.6 Å². The number of benzene rings is 2. The molecule has 0 bridgehead atoms. The van der Waals surface area contributed by atoms with Crippen LogP contribution < -0.4 is 14.8 Å². The average Bonchev–Trinajstić information content (AvgIpc) is 3.42. The first kappa shape index (κ1) is 27.1. The number of hydrogen-bond donors (Lipinski definition) is 1. The molecule has 2 amide bonds. The molecule has 1 aliphatic heterocycles.